The minimum absolute atomic E-state index is 0.000565. The highest BCUT2D eigenvalue weighted by Crippen LogP contribution is 2.35. The summed E-state index contributed by atoms with van der Waals surface area (Å²) in [6.07, 6.45) is 1.93. The molecule has 3 amide bonds. The van der Waals surface area contributed by atoms with Crippen molar-refractivity contribution >= 4 is 17.9 Å². The zero-order valence-corrected chi connectivity index (χ0v) is 17.3. The Balaban J connectivity index is 1.56. The molecule has 30 heavy (non-hydrogen) atoms. The fourth-order valence-electron chi connectivity index (χ4n) is 4.14. The molecule has 0 aromatic heterocycles. The van der Waals surface area contributed by atoms with E-state index in [1.165, 1.54) is 4.90 Å². The molecule has 0 spiro atoms. The molecule has 1 aromatic rings. The number of ether oxygens (including phenoxy) is 2. The van der Waals surface area contributed by atoms with Gasteiger partial charge in [0.25, 0.3) is 0 Å². The molecule has 3 aliphatic rings. The summed E-state index contributed by atoms with van der Waals surface area (Å²) in [5.74, 6) is 0.753. The minimum Gasteiger partial charge on any atom is -0.494 e. The van der Waals surface area contributed by atoms with Crippen molar-refractivity contribution in [2.45, 2.75) is 32.7 Å². The van der Waals surface area contributed by atoms with E-state index in [1.54, 1.807) is 17.0 Å². The van der Waals surface area contributed by atoms with Gasteiger partial charge in [-0.1, -0.05) is 19.1 Å². The number of carbonyl (C=O) groups excluding carboxylic acids is 3. The van der Waals surface area contributed by atoms with E-state index in [4.69, 9.17) is 9.47 Å². The van der Waals surface area contributed by atoms with E-state index < -0.39 is 18.0 Å². The quantitative estimate of drug-likeness (QED) is 0.748. The molecule has 1 atom stereocenters. The fourth-order valence-corrected chi connectivity index (χ4v) is 4.14. The predicted molar refractivity (Wildman–Crippen MR) is 109 cm³/mol. The van der Waals surface area contributed by atoms with Crippen molar-refractivity contribution in [1.29, 1.82) is 0 Å². The first-order valence-corrected chi connectivity index (χ1v) is 10.5. The second kappa shape index (κ2) is 8.38. The Hall–Kier alpha value is -3.03. The number of urea groups is 1. The van der Waals surface area contributed by atoms with Crippen LogP contribution in [-0.2, 0) is 14.3 Å². The molecule has 0 bridgehead atoms. The van der Waals surface area contributed by atoms with Crippen LogP contribution in [-0.4, -0.2) is 60.6 Å². The number of amides is 3. The van der Waals surface area contributed by atoms with Crippen LogP contribution in [0.5, 0.6) is 5.75 Å². The first-order chi connectivity index (χ1) is 14.5. The molecule has 1 aromatic carbocycles. The Morgan fingerprint density at radius 3 is 2.57 bits per heavy atom. The van der Waals surface area contributed by atoms with Gasteiger partial charge in [-0.3, -0.25) is 9.69 Å². The van der Waals surface area contributed by atoms with Crippen molar-refractivity contribution in [1.82, 2.24) is 15.1 Å². The van der Waals surface area contributed by atoms with Gasteiger partial charge in [-0.2, -0.15) is 0 Å². The van der Waals surface area contributed by atoms with E-state index in [-0.39, 0.29) is 19.1 Å². The van der Waals surface area contributed by atoms with Crippen LogP contribution in [0.2, 0.25) is 0 Å². The Kier molecular flexibility index (Phi) is 5.65. The number of nitrogens with zero attached hydrogens (tertiary/aromatic N) is 2. The Morgan fingerprint density at radius 2 is 1.90 bits per heavy atom. The maximum absolute atomic E-state index is 12.9. The zero-order valence-electron chi connectivity index (χ0n) is 17.3. The molecule has 0 unspecified atom stereocenters. The third kappa shape index (κ3) is 3.86. The van der Waals surface area contributed by atoms with Crippen LogP contribution in [0.1, 0.15) is 38.3 Å². The summed E-state index contributed by atoms with van der Waals surface area (Å²) >= 11 is 0. The Labute approximate surface area is 175 Å². The number of piperidine rings is 1. The van der Waals surface area contributed by atoms with Gasteiger partial charge in [0.05, 0.1) is 23.9 Å². The summed E-state index contributed by atoms with van der Waals surface area (Å²) in [7, 11) is 0. The maximum Gasteiger partial charge on any atom is 0.338 e. The van der Waals surface area contributed by atoms with Gasteiger partial charge in [0.2, 0.25) is 5.91 Å². The number of nitrogens with one attached hydrogen (secondary N) is 1. The van der Waals surface area contributed by atoms with E-state index in [0.29, 0.717) is 36.9 Å². The lowest BCUT2D eigenvalue weighted by Gasteiger charge is -2.35. The standard InChI is InChI=1S/C22H27N3O5/c1-3-29-16-6-4-15(5-7-16)20-19-17(13-30-21(19)27)25(22(28)23-20)12-18(26)24-10-8-14(2)9-11-24/h4-7,14,20H,3,8-13H2,1-2H3,(H,23,28)/t20-/m1/s1. The Morgan fingerprint density at radius 1 is 1.20 bits per heavy atom. The van der Waals surface area contributed by atoms with Gasteiger partial charge in [0.1, 0.15) is 18.9 Å². The van der Waals surface area contributed by atoms with Crippen LogP contribution in [0.3, 0.4) is 0 Å². The monoisotopic (exact) mass is 413 g/mol. The van der Waals surface area contributed by atoms with E-state index in [2.05, 4.69) is 12.2 Å². The molecule has 1 fully saturated rings. The summed E-state index contributed by atoms with van der Waals surface area (Å²) in [6, 6.07) is 6.24. The predicted octanol–water partition coefficient (Wildman–Crippen LogP) is 2.22. The number of cyclic esters (lactones) is 1. The molecule has 0 aliphatic carbocycles. The lowest BCUT2D eigenvalue weighted by molar-refractivity contribution is -0.136. The van der Waals surface area contributed by atoms with Crippen LogP contribution >= 0.6 is 0 Å². The number of esters is 1. The molecule has 0 saturated carbocycles. The van der Waals surface area contributed by atoms with Gasteiger partial charge in [-0.25, -0.2) is 9.59 Å². The molecule has 3 aliphatic heterocycles. The first kappa shape index (κ1) is 20.3. The van der Waals surface area contributed by atoms with Gasteiger partial charge in [0.15, 0.2) is 0 Å². The van der Waals surface area contributed by atoms with E-state index in [1.807, 2.05) is 19.1 Å². The summed E-state index contributed by atoms with van der Waals surface area (Å²) in [6.45, 7) is 5.95. The highest BCUT2D eigenvalue weighted by atomic mass is 16.5. The van der Waals surface area contributed by atoms with E-state index >= 15 is 0 Å². The number of likely N-dealkylation sites (tertiary alicyclic amines) is 1. The van der Waals surface area contributed by atoms with Gasteiger partial charge in [0, 0.05) is 13.1 Å². The van der Waals surface area contributed by atoms with Gasteiger partial charge >= 0.3 is 12.0 Å². The molecule has 1 saturated heterocycles. The summed E-state index contributed by atoms with van der Waals surface area (Å²) in [4.78, 5) is 41.3. The summed E-state index contributed by atoms with van der Waals surface area (Å²) in [5.41, 5.74) is 1.62. The third-order valence-corrected chi connectivity index (χ3v) is 5.95. The van der Waals surface area contributed by atoms with Crippen LogP contribution in [0.4, 0.5) is 4.79 Å². The second-order valence-electron chi connectivity index (χ2n) is 7.97. The second-order valence-corrected chi connectivity index (χ2v) is 7.97. The fraction of sp³-hybridized carbons (Fsp3) is 0.500. The van der Waals surface area contributed by atoms with Gasteiger partial charge < -0.3 is 19.7 Å². The molecular formula is C22H27N3O5. The third-order valence-electron chi connectivity index (χ3n) is 5.95. The molecule has 3 heterocycles. The molecule has 8 heteroatoms. The van der Waals surface area contributed by atoms with Gasteiger partial charge in [-0.05, 0) is 43.4 Å². The van der Waals surface area contributed by atoms with Crippen molar-refractivity contribution in [2.24, 2.45) is 5.92 Å². The summed E-state index contributed by atoms with van der Waals surface area (Å²) < 4.78 is 10.7. The van der Waals surface area contributed by atoms with Crippen molar-refractivity contribution in [2.75, 3.05) is 32.8 Å². The van der Waals surface area contributed by atoms with Crippen molar-refractivity contribution in [3.8, 4) is 5.75 Å². The first-order valence-electron chi connectivity index (χ1n) is 10.5. The van der Waals surface area contributed by atoms with Crippen LogP contribution < -0.4 is 10.1 Å². The number of rotatable bonds is 5. The lowest BCUT2D eigenvalue weighted by atomic mass is 9.95. The number of benzene rings is 1. The molecule has 4 rings (SSSR count). The number of carbonyl (C=O) groups is 3. The van der Waals surface area contributed by atoms with E-state index in [9.17, 15) is 14.4 Å². The largest absolute Gasteiger partial charge is 0.494 e. The Bertz CT molecular complexity index is 871. The molecule has 8 nitrogen and oxygen atoms in total. The molecule has 1 N–H and O–H groups in total. The topological polar surface area (TPSA) is 88.2 Å². The van der Waals surface area contributed by atoms with Crippen molar-refractivity contribution < 1.29 is 23.9 Å². The molecule has 160 valence electrons. The van der Waals surface area contributed by atoms with Crippen molar-refractivity contribution in [3.63, 3.8) is 0 Å². The summed E-state index contributed by atoms with van der Waals surface area (Å²) in [5, 5.41) is 2.87. The lowest BCUT2D eigenvalue weighted by Crippen LogP contribution is -2.51. The SMILES string of the molecule is CCOc1ccc([C@H]2NC(=O)N(CC(=O)N3CCC(C)CC3)C3=C2C(=O)OC3)cc1. The highest BCUT2D eigenvalue weighted by molar-refractivity contribution is 5.98. The molecule has 0 radical (unpaired) electrons. The van der Waals surface area contributed by atoms with E-state index in [0.717, 1.165) is 24.2 Å². The van der Waals surface area contributed by atoms with Crippen LogP contribution in [0.15, 0.2) is 35.5 Å². The molecular weight excluding hydrogens is 386 g/mol. The normalized spacial score (nSPS) is 22.0. The average molecular weight is 413 g/mol. The van der Waals surface area contributed by atoms with Crippen LogP contribution in [0.25, 0.3) is 0 Å². The van der Waals surface area contributed by atoms with Gasteiger partial charge in [-0.15, -0.1) is 0 Å². The van der Waals surface area contributed by atoms with Crippen molar-refractivity contribution in [3.05, 3.63) is 41.1 Å². The smallest absolute Gasteiger partial charge is 0.338 e. The number of hydrogen-bond acceptors (Lipinski definition) is 5. The maximum atomic E-state index is 12.9. The number of hydrogen-bond donors (Lipinski definition) is 1. The minimum atomic E-state index is -0.611. The zero-order chi connectivity index (χ0) is 21.3. The average Bonchev–Trinajstić information content (AvgIpc) is 3.13. The highest BCUT2D eigenvalue weighted by Gasteiger charge is 2.43. The van der Waals surface area contributed by atoms with Crippen LogP contribution in [0, 0.1) is 5.92 Å².